The number of hydrogen-bond acceptors (Lipinski definition) is 3. The summed E-state index contributed by atoms with van der Waals surface area (Å²) in [7, 11) is 0. The summed E-state index contributed by atoms with van der Waals surface area (Å²) in [6, 6.07) is 13.9. The van der Waals surface area contributed by atoms with Gasteiger partial charge in [0.2, 0.25) is 0 Å². The molecule has 0 aromatic heterocycles. The Hall–Kier alpha value is -2.62. The summed E-state index contributed by atoms with van der Waals surface area (Å²) < 4.78 is 5.57. The van der Waals surface area contributed by atoms with Crippen molar-refractivity contribution in [3.8, 4) is 5.75 Å². The number of rotatable bonds is 7. The first-order valence-electron chi connectivity index (χ1n) is 7.75. The zero-order valence-electron chi connectivity index (χ0n) is 13.5. The predicted octanol–water partition coefficient (Wildman–Crippen LogP) is 4.32. The molecule has 0 heterocycles. The van der Waals surface area contributed by atoms with E-state index in [1.54, 1.807) is 48.5 Å². The Morgan fingerprint density at radius 3 is 2.43 bits per heavy atom. The van der Waals surface area contributed by atoms with E-state index >= 15 is 0 Å². The van der Waals surface area contributed by atoms with Crippen molar-refractivity contribution < 1.29 is 14.3 Å². The number of amides is 1. The number of anilines is 1. The van der Waals surface area contributed by atoms with Crippen LogP contribution in [0.5, 0.6) is 5.75 Å². The molecule has 4 nitrogen and oxygen atoms in total. The SMILES string of the molecule is CCCCOc1ccc(C(=O)Nc2cccc(C(C)=O)c2)cc1. The van der Waals surface area contributed by atoms with Crippen molar-refractivity contribution in [3.05, 3.63) is 59.7 Å². The van der Waals surface area contributed by atoms with E-state index in [4.69, 9.17) is 4.74 Å². The second-order valence-corrected chi connectivity index (χ2v) is 5.32. The molecule has 2 aromatic rings. The molecule has 0 aliphatic carbocycles. The highest BCUT2D eigenvalue weighted by Gasteiger charge is 2.07. The highest BCUT2D eigenvalue weighted by atomic mass is 16.5. The first-order valence-corrected chi connectivity index (χ1v) is 7.75. The van der Waals surface area contributed by atoms with Crippen LogP contribution in [0.3, 0.4) is 0 Å². The van der Waals surface area contributed by atoms with E-state index in [0.29, 0.717) is 23.4 Å². The fourth-order valence-corrected chi connectivity index (χ4v) is 2.06. The topological polar surface area (TPSA) is 55.4 Å². The second-order valence-electron chi connectivity index (χ2n) is 5.32. The van der Waals surface area contributed by atoms with E-state index in [2.05, 4.69) is 12.2 Å². The van der Waals surface area contributed by atoms with Crippen LogP contribution in [-0.4, -0.2) is 18.3 Å². The molecule has 0 radical (unpaired) electrons. The fourth-order valence-electron chi connectivity index (χ4n) is 2.06. The maximum atomic E-state index is 12.2. The molecule has 0 saturated heterocycles. The normalized spacial score (nSPS) is 10.2. The number of Topliss-reactive ketones (excluding diaryl/α,β-unsaturated/α-hetero) is 1. The maximum Gasteiger partial charge on any atom is 0.255 e. The Balaban J connectivity index is 2.00. The highest BCUT2D eigenvalue weighted by molar-refractivity contribution is 6.05. The van der Waals surface area contributed by atoms with E-state index in [9.17, 15) is 9.59 Å². The Kier molecular flexibility index (Phi) is 5.92. The molecule has 1 amide bonds. The van der Waals surface area contributed by atoms with Crippen LogP contribution in [0.15, 0.2) is 48.5 Å². The molecular formula is C19H21NO3. The molecule has 2 rings (SSSR count). The van der Waals surface area contributed by atoms with Crippen LogP contribution >= 0.6 is 0 Å². The summed E-state index contributed by atoms with van der Waals surface area (Å²) in [6.07, 6.45) is 2.09. The lowest BCUT2D eigenvalue weighted by molar-refractivity contribution is 0.101. The minimum absolute atomic E-state index is 0.0327. The third-order valence-corrected chi connectivity index (χ3v) is 3.41. The molecule has 2 aromatic carbocycles. The number of ether oxygens (including phenoxy) is 1. The summed E-state index contributed by atoms with van der Waals surface area (Å²) in [5.41, 5.74) is 1.72. The quantitative estimate of drug-likeness (QED) is 0.612. The number of ketones is 1. The number of nitrogens with one attached hydrogen (secondary N) is 1. The molecule has 0 spiro atoms. The van der Waals surface area contributed by atoms with Crippen LogP contribution in [0.4, 0.5) is 5.69 Å². The zero-order chi connectivity index (χ0) is 16.7. The summed E-state index contributed by atoms with van der Waals surface area (Å²) in [4.78, 5) is 23.6. The third kappa shape index (κ3) is 4.95. The van der Waals surface area contributed by atoms with E-state index in [1.807, 2.05) is 0 Å². The van der Waals surface area contributed by atoms with Gasteiger partial charge in [-0.2, -0.15) is 0 Å². The van der Waals surface area contributed by atoms with E-state index in [-0.39, 0.29) is 11.7 Å². The maximum absolute atomic E-state index is 12.2. The third-order valence-electron chi connectivity index (χ3n) is 3.41. The molecule has 0 saturated carbocycles. The molecule has 23 heavy (non-hydrogen) atoms. The van der Waals surface area contributed by atoms with Crippen molar-refractivity contribution >= 4 is 17.4 Å². The summed E-state index contributed by atoms with van der Waals surface area (Å²) in [6.45, 7) is 4.29. The summed E-state index contributed by atoms with van der Waals surface area (Å²) in [5, 5.41) is 2.79. The standard InChI is InChI=1S/C19H21NO3/c1-3-4-12-23-18-10-8-15(9-11-18)19(22)20-17-7-5-6-16(13-17)14(2)21/h5-11,13H,3-4,12H2,1-2H3,(H,20,22). The lowest BCUT2D eigenvalue weighted by Gasteiger charge is -2.08. The van der Waals surface area contributed by atoms with Crippen molar-refractivity contribution in [3.63, 3.8) is 0 Å². The average molecular weight is 311 g/mol. The number of carbonyl (C=O) groups excluding carboxylic acids is 2. The van der Waals surface area contributed by atoms with E-state index in [1.165, 1.54) is 6.92 Å². The van der Waals surface area contributed by atoms with Crippen molar-refractivity contribution in [2.45, 2.75) is 26.7 Å². The number of hydrogen-bond donors (Lipinski definition) is 1. The van der Waals surface area contributed by atoms with Gasteiger partial charge >= 0.3 is 0 Å². The molecule has 0 bridgehead atoms. The molecule has 0 fully saturated rings. The zero-order valence-corrected chi connectivity index (χ0v) is 13.5. The van der Waals surface area contributed by atoms with Crippen LogP contribution in [0.2, 0.25) is 0 Å². The van der Waals surface area contributed by atoms with Crippen molar-refractivity contribution in [1.29, 1.82) is 0 Å². The monoisotopic (exact) mass is 311 g/mol. The molecule has 1 N–H and O–H groups in total. The summed E-state index contributed by atoms with van der Waals surface area (Å²) in [5.74, 6) is 0.508. The van der Waals surface area contributed by atoms with Crippen LogP contribution in [0, 0.1) is 0 Å². The van der Waals surface area contributed by atoms with Gasteiger partial charge in [-0.25, -0.2) is 0 Å². The Morgan fingerprint density at radius 2 is 1.78 bits per heavy atom. The summed E-state index contributed by atoms with van der Waals surface area (Å²) >= 11 is 0. The van der Waals surface area contributed by atoms with Gasteiger partial charge in [0.1, 0.15) is 5.75 Å². The van der Waals surface area contributed by atoms with Gasteiger partial charge in [0.25, 0.3) is 5.91 Å². The van der Waals surface area contributed by atoms with Crippen LogP contribution in [-0.2, 0) is 0 Å². The predicted molar refractivity (Wildman–Crippen MR) is 91.2 cm³/mol. The van der Waals surface area contributed by atoms with Gasteiger partial charge in [-0.15, -0.1) is 0 Å². The Labute approximate surface area is 136 Å². The minimum atomic E-state index is -0.217. The van der Waals surface area contributed by atoms with E-state index in [0.717, 1.165) is 18.6 Å². The fraction of sp³-hybridized carbons (Fsp3) is 0.263. The van der Waals surface area contributed by atoms with Crippen molar-refractivity contribution in [1.82, 2.24) is 0 Å². The van der Waals surface area contributed by atoms with Crippen molar-refractivity contribution in [2.24, 2.45) is 0 Å². The van der Waals surface area contributed by atoms with Gasteiger partial charge in [0, 0.05) is 16.8 Å². The van der Waals surface area contributed by atoms with E-state index < -0.39 is 0 Å². The molecule has 0 unspecified atom stereocenters. The van der Waals surface area contributed by atoms with Crippen molar-refractivity contribution in [2.75, 3.05) is 11.9 Å². The number of benzene rings is 2. The van der Waals surface area contributed by atoms with Gasteiger partial charge in [-0.1, -0.05) is 25.5 Å². The Bertz CT molecular complexity index is 677. The lowest BCUT2D eigenvalue weighted by Crippen LogP contribution is -2.12. The Morgan fingerprint density at radius 1 is 1.04 bits per heavy atom. The molecule has 0 aliphatic rings. The van der Waals surface area contributed by atoms with Crippen LogP contribution < -0.4 is 10.1 Å². The molecule has 0 atom stereocenters. The van der Waals surface area contributed by atoms with Gasteiger partial charge < -0.3 is 10.1 Å². The van der Waals surface area contributed by atoms with Crippen LogP contribution in [0.25, 0.3) is 0 Å². The first-order chi connectivity index (χ1) is 11.1. The van der Waals surface area contributed by atoms with Crippen LogP contribution in [0.1, 0.15) is 47.4 Å². The number of carbonyl (C=O) groups is 2. The minimum Gasteiger partial charge on any atom is -0.494 e. The van der Waals surface area contributed by atoms with Gasteiger partial charge in [0.15, 0.2) is 5.78 Å². The molecular weight excluding hydrogens is 290 g/mol. The molecule has 4 heteroatoms. The highest BCUT2D eigenvalue weighted by Crippen LogP contribution is 2.16. The van der Waals surface area contributed by atoms with Gasteiger partial charge in [-0.05, 0) is 49.7 Å². The molecule has 120 valence electrons. The molecule has 0 aliphatic heterocycles. The average Bonchev–Trinajstić information content (AvgIpc) is 2.56. The number of unbranched alkanes of at least 4 members (excludes halogenated alkanes) is 1. The van der Waals surface area contributed by atoms with Gasteiger partial charge in [-0.3, -0.25) is 9.59 Å². The largest absolute Gasteiger partial charge is 0.494 e. The van der Waals surface area contributed by atoms with Gasteiger partial charge in [0.05, 0.1) is 6.61 Å². The second kappa shape index (κ2) is 8.13. The lowest BCUT2D eigenvalue weighted by atomic mass is 10.1. The first kappa shape index (κ1) is 16.7. The smallest absolute Gasteiger partial charge is 0.255 e.